The van der Waals surface area contributed by atoms with E-state index in [1.165, 1.54) is 0 Å². The lowest BCUT2D eigenvalue weighted by atomic mass is 9.68. The summed E-state index contributed by atoms with van der Waals surface area (Å²) in [5, 5.41) is 11.4. The molecule has 18 heteroatoms. The Bertz CT molecular complexity index is 2280. The SMILES string of the molecule is CCCS(=O)(=O)NC1CC(C2=CB(OC3CC3S(=O)(=O)NC3CC(C4=CB(O)Oc5cnc6[nH]ccc6c54)C3)Oc3cnc4[nH]ccc4c32)C1. The number of H-pyrrole nitrogens is 2. The summed E-state index contributed by atoms with van der Waals surface area (Å²) in [6.07, 6.45) is 9.71. The lowest BCUT2D eigenvalue weighted by Crippen LogP contribution is -2.47. The highest BCUT2D eigenvalue weighted by atomic mass is 32.2. The molecule has 4 aromatic rings. The molecule has 0 saturated heterocycles. The number of hydrogen-bond donors (Lipinski definition) is 5. The molecule has 2 aliphatic heterocycles. The second-order valence-corrected chi connectivity index (χ2v) is 17.8. The van der Waals surface area contributed by atoms with E-state index in [1.54, 1.807) is 18.4 Å². The molecule has 5 N–H and O–H groups in total. The second-order valence-electron chi connectivity index (χ2n) is 14.0. The Labute approximate surface area is 289 Å². The van der Waals surface area contributed by atoms with Crippen LogP contribution < -0.4 is 18.8 Å². The molecule has 3 fully saturated rings. The number of nitrogens with zero attached hydrogens (tertiary/aromatic N) is 2. The van der Waals surface area contributed by atoms with Gasteiger partial charge in [0.15, 0.2) is 0 Å². The third kappa shape index (κ3) is 5.75. The van der Waals surface area contributed by atoms with Crippen molar-refractivity contribution < 1.29 is 35.8 Å². The van der Waals surface area contributed by atoms with Crippen LogP contribution in [-0.2, 0) is 24.7 Å². The summed E-state index contributed by atoms with van der Waals surface area (Å²) < 4.78 is 75.4. The Balaban J connectivity index is 0.858. The summed E-state index contributed by atoms with van der Waals surface area (Å²) in [4.78, 5) is 15.1. The minimum absolute atomic E-state index is 0.0548. The molecule has 3 saturated carbocycles. The number of aromatic nitrogens is 4. The quantitative estimate of drug-likeness (QED) is 0.144. The van der Waals surface area contributed by atoms with E-state index in [9.17, 15) is 21.9 Å². The largest absolute Gasteiger partial charge is 0.555 e. The summed E-state index contributed by atoms with van der Waals surface area (Å²) in [6, 6.07) is 3.49. The highest BCUT2D eigenvalue weighted by Gasteiger charge is 2.52. The zero-order chi connectivity index (χ0) is 34.4. The summed E-state index contributed by atoms with van der Waals surface area (Å²) in [5.74, 6) is 4.90. The molecule has 3 aliphatic carbocycles. The van der Waals surface area contributed by atoms with Gasteiger partial charge in [0.1, 0.15) is 28.0 Å². The lowest BCUT2D eigenvalue weighted by Gasteiger charge is -2.39. The van der Waals surface area contributed by atoms with Gasteiger partial charge in [0, 0.05) is 46.4 Å². The Hall–Kier alpha value is -3.67. The number of aromatic amines is 2. The Kier molecular flexibility index (Phi) is 7.71. The fraction of sp³-hybridized carbons (Fsp3) is 0.438. The molecule has 9 rings (SSSR count). The van der Waals surface area contributed by atoms with Crippen LogP contribution in [0.3, 0.4) is 0 Å². The van der Waals surface area contributed by atoms with E-state index in [0.717, 1.165) is 44.3 Å². The third-order valence-corrected chi connectivity index (χ3v) is 14.1. The van der Waals surface area contributed by atoms with Crippen LogP contribution in [0.25, 0.3) is 33.2 Å². The van der Waals surface area contributed by atoms with Gasteiger partial charge in [0.25, 0.3) is 0 Å². The van der Waals surface area contributed by atoms with Crippen molar-refractivity contribution in [3.8, 4) is 11.5 Å². The first kappa shape index (κ1) is 32.3. The van der Waals surface area contributed by atoms with E-state index in [2.05, 4.69) is 29.4 Å². The fourth-order valence-electron chi connectivity index (χ4n) is 7.92. The average Bonchev–Trinajstić information content (AvgIpc) is 3.40. The number of rotatable bonds is 11. The van der Waals surface area contributed by atoms with Crippen LogP contribution in [0.4, 0.5) is 0 Å². The van der Waals surface area contributed by atoms with Crippen molar-refractivity contribution in [2.45, 2.75) is 68.9 Å². The van der Waals surface area contributed by atoms with Gasteiger partial charge < -0.3 is 29.0 Å². The number of hydrogen-bond acceptors (Lipinski definition) is 10. The minimum Gasteiger partial charge on any atom is -0.531 e. The fourth-order valence-corrected chi connectivity index (χ4v) is 11.0. The molecule has 6 heterocycles. The second kappa shape index (κ2) is 12.0. The summed E-state index contributed by atoms with van der Waals surface area (Å²) >= 11 is 0. The molecule has 0 bridgehead atoms. The van der Waals surface area contributed by atoms with Crippen LogP contribution in [0.1, 0.15) is 56.6 Å². The maximum atomic E-state index is 13.5. The molecule has 5 aliphatic rings. The molecule has 14 nitrogen and oxygen atoms in total. The van der Waals surface area contributed by atoms with E-state index in [4.69, 9.17) is 14.0 Å². The van der Waals surface area contributed by atoms with Crippen LogP contribution in [-0.4, -0.2) is 85.2 Å². The first-order chi connectivity index (χ1) is 24.0. The number of allylic oxidation sites excluding steroid dienone is 2. The van der Waals surface area contributed by atoms with Gasteiger partial charge in [0.2, 0.25) is 20.0 Å². The molecular weight excluding hydrogens is 682 g/mol. The van der Waals surface area contributed by atoms with Gasteiger partial charge in [-0.2, -0.15) is 0 Å². The lowest BCUT2D eigenvalue weighted by molar-refractivity contribution is 0.257. The van der Waals surface area contributed by atoms with E-state index in [-0.39, 0.29) is 29.7 Å². The summed E-state index contributed by atoms with van der Waals surface area (Å²) in [6.45, 7) is 1.84. The van der Waals surface area contributed by atoms with Gasteiger partial charge in [-0.3, -0.25) is 0 Å². The summed E-state index contributed by atoms with van der Waals surface area (Å²) in [5.41, 5.74) is 5.16. The van der Waals surface area contributed by atoms with Crippen molar-refractivity contribution in [3.63, 3.8) is 0 Å². The number of sulfonamides is 2. The molecule has 260 valence electrons. The van der Waals surface area contributed by atoms with E-state index >= 15 is 0 Å². The van der Waals surface area contributed by atoms with Crippen molar-refractivity contribution in [2.75, 3.05) is 5.75 Å². The van der Waals surface area contributed by atoms with Crippen LogP contribution in [0, 0.1) is 11.8 Å². The molecule has 0 amide bonds. The predicted molar refractivity (Wildman–Crippen MR) is 189 cm³/mol. The normalized spacial score (nSPS) is 27.4. The van der Waals surface area contributed by atoms with Gasteiger partial charge in [-0.1, -0.05) is 6.92 Å². The Morgan fingerprint density at radius 2 is 1.44 bits per heavy atom. The highest BCUT2D eigenvalue weighted by Crippen LogP contribution is 2.48. The first-order valence-electron chi connectivity index (χ1n) is 17.1. The molecule has 50 heavy (non-hydrogen) atoms. The Morgan fingerprint density at radius 3 is 2.06 bits per heavy atom. The van der Waals surface area contributed by atoms with Crippen molar-refractivity contribution in [1.29, 1.82) is 0 Å². The van der Waals surface area contributed by atoms with Crippen LogP contribution in [0.15, 0.2) is 48.9 Å². The van der Waals surface area contributed by atoms with Gasteiger partial charge in [0.05, 0.1) is 24.3 Å². The van der Waals surface area contributed by atoms with Crippen molar-refractivity contribution in [2.24, 2.45) is 11.8 Å². The molecule has 2 unspecified atom stereocenters. The Morgan fingerprint density at radius 1 is 0.860 bits per heavy atom. The van der Waals surface area contributed by atoms with Crippen molar-refractivity contribution >= 4 is 67.5 Å². The van der Waals surface area contributed by atoms with Crippen LogP contribution >= 0.6 is 0 Å². The topological polar surface area (TPSA) is 198 Å². The molecule has 4 aromatic heterocycles. The van der Waals surface area contributed by atoms with Gasteiger partial charge in [-0.25, -0.2) is 36.2 Å². The molecule has 0 radical (unpaired) electrons. The zero-order valence-electron chi connectivity index (χ0n) is 27.2. The maximum Gasteiger partial charge on any atom is 0.555 e. The van der Waals surface area contributed by atoms with Gasteiger partial charge >= 0.3 is 14.2 Å². The number of pyridine rings is 2. The van der Waals surface area contributed by atoms with Crippen LogP contribution in [0.2, 0.25) is 0 Å². The van der Waals surface area contributed by atoms with Gasteiger partial charge in [-0.15, -0.1) is 0 Å². The summed E-state index contributed by atoms with van der Waals surface area (Å²) in [7, 11) is -8.90. The number of nitrogens with one attached hydrogen (secondary N) is 4. The maximum absolute atomic E-state index is 13.5. The predicted octanol–water partition coefficient (Wildman–Crippen LogP) is 2.70. The van der Waals surface area contributed by atoms with E-state index in [1.807, 2.05) is 37.4 Å². The first-order valence-corrected chi connectivity index (χ1v) is 20.3. The van der Waals surface area contributed by atoms with Crippen molar-refractivity contribution in [1.82, 2.24) is 29.4 Å². The monoisotopic (exact) mass is 718 g/mol. The van der Waals surface area contributed by atoms with Crippen molar-refractivity contribution in [3.05, 3.63) is 60.0 Å². The minimum atomic E-state index is -3.67. The molecular formula is C32H36B2N6O8S2. The van der Waals surface area contributed by atoms with Crippen LogP contribution in [0.5, 0.6) is 11.5 Å². The van der Waals surface area contributed by atoms with Gasteiger partial charge in [-0.05, 0) is 85.6 Å². The van der Waals surface area contributed by atoms with E-state index < -0.39 is 45.6 Å². The molecule has 0 spiro atoms. The average molecular weight is 718 g/mol. The molecule has 0 aromatic carbocycles. The smallest absolute Gasteiger partial charge is 0.531 e. The highest BCUT2D eigenvalue weighted by molar-refractivity contribution is 7.90. The van der Waals surface area contributed by atoms with E-state index in [0.29, 0.717) is 50.0 Å². The standard InChI is InChI=1S/C32H36B2N6O8S2/c1-2-7-49(42,43)39-19-8-18(9-19)24-14-34(48-27-16-38-32-22(30(24)27)4-6-36-32)47-25-12-28(25)50(44,45)40-20-10-17(11-20)23-13-33(41)46-26-15-37-31-21(29(23)26)3-5-35-31/h3-6,13-20,25,28,39-41H,2,7-12H2,1H3,(H,35,37)(H,36,38). The zero-order valence-corrected chi connectivity index (χ0v) is 28.8. The molecule has 2 atom stereocenters. The third-order valence-electron chi connectivity index (χ3n) is 10.5. The number of fused-ring (bicyclic) bond motifs is 6.